The van der Waals surface area contributed by atoms with Gasteiger partial charge in [-0.1, -0.05) is 6.08 Å². The third-order valence-corrected chi connectivity index (χ3v) is 1.02. The lowest BCUT2D eigenvalue weighted by Crippen LogP contribution is -1.75. The molecule has 0 bridgehead atoms. The van der Waals surface area contributed by atoms with Crippen LogP contribution in [-0.4, -0.2) is 10.9 Å². The second-order valence-corrected chi connectivity index (χ2v) is 2.04. The molecule has 0 radical (unpaired) electrons. The highest BCUT2D eigenvalue weighted by Gasteiger charge is 1.68. The highest BCUT2D eigenvalue weighted by molar-refractivity contribution is 5.51. The number of hydrogen-bond acceptors (Lipinski definition) is 1. The summed E-state index contributed by atoms with van der Waals surface area (Å²) in [5.74, 6) is 0. The lowest BCUT2D eigenvalue weighted by Gasteiger charge is -1.79. The summed E-state index contributed by atoms with van der Waals surface area (Å²) < 4.78 is 2.00. The zero-order valence-corrected chi connectivity index (χ0v) is 6.73. The summed E-state index contributed by atoms with van der Waals surface area (Å²) in [6.45, 7) is 3.32. The van der Waals surface area contributed by atoms with Crippen molar-refractivity contribution in [1.82, 2.24) is 4.57 Å². The lowest BCUT2D eigenvalue weighted by atomic mass is 10.5. The predicted octanol–water partition coefficient (Wildman–Crippen LogP) is 1.79. The van der Waals surface area contributed by atoms with Gasteiger partial charge in [-0.15, -0.1) is 6.58 Å². The number of aryl methyl sites for hydroxylation is 1. The molecule has 0 saturated carbocycles. The van der Waals surface area contributed by atoms with Crippen molar-refractivity contribution in [1.29, 1.82) is 0 Å². The first kappa shape index (κ1) is 9.69. The van der Waals surface area contributed by atoms with Crippen molar-refractivity contribution in [3.8, 4) is 0 Å². The van der Waals surface area contributed by atoms with Gasteiger partial charge in [-0.05, 0) is 12.1 Å². The molecule has 0 N–H and O–H groups in total. The van der Waals surface area contributed by atoms with E-state index < -0.39 is 0 Å². The fourth-order valence-electron chi connectivity index (χ4n) is 0.489. The number of nitrogens with zero attached hydrogens (tertiary/aromatic N) is 1. The van der Waals surface area contributed by atoms with Crippen molar-refractivity contribution < 1.29 is 4.79 Å². The van der Waals surface area contributed by atoms with Crippen LogP contribution >= 0.6 is 0 Å². The number of aromatic nitrogens is 1. The lowest BCUT2D eigenvalue weighted by molar-refractivity contribution is -0.107. The second kappa shape index (κ2) is 6.81. The summed E-state index contributed by atoms with van der Waals surface area (Å²) in [7, 11) is 2.00. The van der Waals surface area contributed by atoms with Gasteiger partial charge in [-0.2, -0.15) is 0 Å². The maximum Gasteiger partial charge on any atom is 0.123 e. The van der Waals surface area contributed by atoms with E-state index in [1.54, 1.807) is 6.08 Å². The van der Waals surface area contributed by atoms with E-state index in [0.717, 1.165) is 6.29 Å². The van der Waals surface area contributed by atoms with E-state index in [0.29, 0.717) is 6.42 Å². The van der Waals surface area contributed by atoms with Crippen LogP contribution in [0.2, 0.25) is 0 Å². The Kier molecular flexibility index (Phi) is 5.99. The van der Waals surface area contributed by atoms with Crippen LogP contribution in [0.5, 0.6) is 0 Å². The summed E-state index contributed by atoms with van der Waals surface area (Å²) in [5, 5.41) is 0. The van der Waals surface area contributed by atoms with Gasteiger partial charge in [0.05, 0.1) is 0 Å². The van der Waals surface area contributed by atoms with Gasteiger partial charge in [0.1, 0.15) is 6.29 Å². The van der Waals surface area contributed by atoms with E-state index in [9.17, 15) is 4.79 Å². The summed E-state index contributed by atoms with van der Waals surface area (Å²) in [5.41, 5.74) is 0. The third-order valence-electron chi connectivity index (χ3n) is 1.02. The zero-order chi connectivity index (χ0) is 8.53. The number of rotatable bonds is 2. The smallest absolute Gasteiger partial charge is 0.123 e. The number of hydrogen-bond donors (Lipinski definition) is 0. The fraction of sp³-hybridized carbons (Fsp3) is 0.222. The fourth-order valence-corrected chi connectivity index (χ4v) is 0.489. The van der Waals surface area contributed by atoms with Crippen LogP contribution in [-0.2, 0) is 11.8 Å². The molecule has 2 nitrogen and oxygen atoms in total. The van der Waals surface area contributed by atoms with Gasteiger partial charge in [-0.25, -0.2) is 0 Å². The van der Waals surface area contributed by atoms with E-state index in [2.05, 4.69) is 6.58 Å². The first-order valence-corrected chi connectivity index (χ1v) is 3.42. The second-order valence-electron chi connectivity index (χ2n) is 2.04. The minimum Gasteiger partial charge on any atom is -0.357 e. The van der Waals surface area contributed by atoms with Crippen molar-refractivity contribution in [2.24, 2.45) is 7.05 Å². The zero-order valence-electron chi connectivity index (χ0n) is 6.73. The molecule has 1 heterocycles. The molecule has 0 atom stereocenters. The monoisotopic (exact) mass is 151 g/mol. The van der Waals surface area contributed by atoms with Crippen LogP contribution in [0.3, 0.4) is 0 Å². The van der Waals surface area contributed by atoms with Gasteiger partial charge in [-0.3, -0.25) is 0 Å². The molecular weight excluding hydrogens is 138 g/mol. The van der Waals surface area contributed by atoms with E-state index in [4.69, 9.17) is 0 Å². The molecule has 0 aliphatic carbocycles. The number of carbonyl (C=O) groups is 1. The van der Waals surface area contributed by atoms with Crippen molar-refractivity contribution in [2.75, 3.05) is 0 Å². The summed E-state index contributed by atoms with van der Waals surface area (Å²) in [6.07, 6.45) is 6.85. The predicted molar refractivity (Wildman–Crippen MR) is 46.3 cm³/mol. The van der Waals surface area contributed by atoms with Crippen LogP contribution in [0.4, 0.5) is 0 Å². The molecule has 0 aliphatic heterocycles. The molecule has 2 heteroatoms. The highest BCUT2D eigenvalue weighted by atomic mass is 16.1. The topological polar surface area (TPSA) is 22.0 Å². The van der Waals surface area contributed by atoms with E-state index in [-0.39, 0.29) is 0 Å². The van der Waals surface area contributed by atoms with Crippen LogP contribution in [0.15, 0.2) is 37.2 Å². The van der Waals surface area contributed by atoms with Crippen LogP contribution < -0.4 is 0 Å². The molecule has 0 spiro atoms. The Bertz CT molecular complexity index is 183. The molecule has 0 aromatic carbocycles. The van der Waals surface area contributed by atoms with Crippen molar-refractivity contribution in [3.63, 3.8) is 0 Å². The van der Waals surface area contributed by atoms with E-state index in [1.165, 1.54) is 0 Å². The normalized spacial score (nSPS) is 7.73. The summed E-state index contributed by atoms with van der Waals surface area (Å²) in [6, 6.07) is 4.00. The Hall–Kier alpha value is -1.31. The minimum absolute atomic E-state index is 0.472. The SMILES string of the molecule is C=CCC=O.Cn1cccc1. The number of aldehydes is 1. The molecule has 0 unspecified atom stereocenters. The Morgan fingerprint density at radius 3 is 2.09 bits per heavy atom. The molecule has 1 rings (SSSR count). The average Bonchev–Trinajstić information content (AvgIpc) is 2.43. The van der Waals surface area contributed by atoms with Gasteiger partial charge < -0.3 is 9.36 Å². The van der Waals surface area contributed by atoms with Gasteiger partial charge in [0.25, 0.3) is 0 Å². The maximum atomic E-state index is 9.33. The van der Waals surface area contributed by atoms with Gasteiger partial charge in [0.15, 0.2) is 0 Å². The molecular formula is C9H13NO. The molecule has 0 aliphatic rings. The Balaban J connectivity index is 0.000000187. The average molecular weight is 151 g/mol. The summed E-state index contributed by atoms with van der Waals surface area (Å²) in [4.78, 5) is 9.33. The Labute approximate surface area is 67.2 Å². The highest BCUT2D eigenvalue weighted by Crippen LogP contribution is 1.80. The molecule has 0 amide bonds. The van der Waals surface area contributed by atoms with Crippen molar-refractivity contribution in [3.05, 3.63) is 37.2 Å². The first-order valence-electron chi connectivity index (χ1n) is 3.42. The number of carbonyl (C=O) groups excluding carboxylic acids is 1. The van der Waals surface area contributed by atoms with Gasteiger partial charge in [0, 0.05) is 25.9 Å². The Morgan fingerprint density at radius 2 is 2.00 bits per heavy atom. The third kappa shape index (κ3) is 6.58. The van der Waals surface area contributed by atoms with Crippen LogP contribution in [0.1, 0.15) is 6.42 Å². The van der Waals surface area contributed by atoms with Gasteiger partial charge in [0.2, 0.25) is 0 Å². The molecule has 0 fully saturated rings. The molecule has 60 valence electrons. The molecule has 1 aromatic rings. The van der Waals surface area contributed by atoms with Crippen LogP contribution in [0.25, 0.3) is 0 Å². The standard InChI is InChI=1S/C5H7N.C4H6O/c1-6-4-2-3-5-6;1-2-3-4-5/h2-5H,1H3;2,4H,1,3H2. The largest absolute Gasteiger partial charge is 0.357 e. The van der Waals surface area contributed by atoms with E-state index in [1.807, 2.05) is 36.1 Å². The molecule has 1 aromatic heterocycles. The van der Waals surface area contributed by atoms with E-state index >= 15 is 0 Å². The Morgan fingerprint density at radius 1 is 1.45 bits per heavy atom. The first-order chi connectivity index (χ1) is 5.31. The van der Waals surface area contributed by atoms with Crippen molar-refractivity contribution >= 4 is 6.29 Å². The molecule has 11 heavy (non-hydrogen) atoms. The number of allylic oxidation sites excluding steroid dienone is 1. The van der Waals surface area contributed by atoms with Gasteiger partial charge >= 0.3 is 0 Å². The van der Waals surface area contributed by atoms with Crippen molar-refractivity contribution in [2.45, 2.75) is 6.42 Å². The molecule has 0 saturated heterocycles. The minimum atomic E-state index is 0.472. The summed E-state index contributed by atoms with van der Waals surface area (Å²) >= 11 is 0. The quantitative estimate of drug-likeness (QED) is 0.466. The van der Waals surface area contributed by atoms with Crippen LogP contribution in [0, 0.1) is 0 Å². The maximum absolute atomic E-state index is 9.33.